The molecule has 1 heterocycles. The maximum absolute atomic E-state index is 11.7. The molecule has 0 aromatic carbocycles. The van der Waals surface area contributed by atoms with E-state index in [-0.39, 0.29) is 18.6 Å². The highest BCUT2D eigenvalue weighted by Crippen LogP contribution is 2.18. The first-order valence-electron chi connectivity index (χ1n) is 6.04. The Bertz CT molecular complexity index is 431. The van der Waals surface area contributed by atoms with Crippen LogP contribution in [0, 0.1) is 5.41 Å². The van der Waals surface area contributed by atoms with Crippen LogP contribution in [-0.2, 0) is 4.79 Å². The molecule has 0 bridgehead atoms. The van der Waals surface area contributed by atoms with Crippen molar-refractivity contribution in [2.24, 2.45) is 5.41 Å². The summed E-state index contributed by atoms with van der Waals surface area (Å²) in [6, 6.07) is -0.524. The zero-order chi connectivity index (χ0) is 14.5. The van der Waals surface area contributed by atoms with E-state index in [2.05, 4.69) is 15.6 Å². The van der Waals surface area contributed by atoms with Gasteiger partial charge in [-0.1, -0.05) is 6.92 Å². The van der Waals surface area contributed by atoms with Gasteiger partial charge in [0.2, 0.25) is 0 Å². The van der Waals surface area contributed by atoms with Gasteiger partial charge in [-0.25, -0.2) is 9.78 Å². The third kappa shape index (κ3) is 4.51. The van der Waals surface area contributed by atoms with E-state index in [0.29, 0.717) is 0 Å². The van der Waals surface area contributed by atoms with Crippen molar-refractivity contribution in [2.45, 2.75) is 33.2 Å². The van der Waals surface area contributed by atoms with Crippen LogP contribution in [0.15, 0.2) is 11.6 Å². The Morgan fingerprint density at radius 3 is 2.68 bits per heavy atom. The Labute approximate surface area is 116 Å². The van der Waals surface area contributed by atoms with Crippen molar-refractivity contribution in [3.8, 4) is 0 Å². The summed E-state index contributed by atoms with van der Waals surface area (Å²) in [7, 11) is 0. The molecule has 7 heteroatoms. The van der Waals surface area contributed by atoms with Gasteiger partial charge in [-0.05, 0) is 20.3 Å². The predicted octanol–water partition coefficient (Wildman–Crippen LogP) is 2.00. The molecule has 1 rings (SSSR count). The normalized spacial score (nSPS) is 12.8. The lowest BCUT2D eigenvalue weighted by Crippen LogP contribution is -2.44. The summed E-state index contributed by atoms with van der Waals surface area (Å²) in [5.74, 6) is -0.945. The molecule has 0 aliphatic rings. The number of aromatic nitrogens is 1. The number of carboxylic acid groups (broad SMARTS) is 1. The van der Waals surface area contributed by atoms with E-state index in [9.17, 15) is 9.59 Å². The van der Waals surface area contributed by atoms with Crippen molar-refractivity contribution in [3.05, 3.63) is 16.6 Å². The minimum atomic E-state index is -0.986. The SMILES string of the molecule is CCC(NC(=O)NCC(C)(C)C(=O)O)c1nccs1. The molecule has 1 aromatic heterocycles. The lowest BCUT2D eigenvalue weighted by molar-refractivity contribution is -0.146. The van der Waals surface area contributed by atoms with Crippen molar-refractivity contribution in [2.75, 3.05) is 6.54 Å². The maximum Gasteiger partial charge on any atom is 0.315 e. The van der Waals surface area contributed by atoms with E-state index >= 15 is 0 Å². The standard InChI is InChI=1S/C12H19N3O3S/c1-4-8(9-13-5-6-19-9)15-11(18)14-7-12(2,3)10(16)17/h5-6,8H,4,7H2,1-3H3,(H,16,17)(H2,14,15,18). The van der Waals surface area contributed by atoms with Gasteiger partial charge >= 0.3 is 12.0 Å². The topological polar surface area (TPSA) is 91.3 Å². The first-order chi connectivity index (χ1) is 8.86. The number of aliphatic carboxylic acids is 1. The second-order valence-electron chi connectivity index (χ2n) is 4.85. The number of carbonyl (C=O) groups is 2. The molecule has 0 radical (unpaired) electrons. The van der Waals surface area contributed by atoms with Crippen molar-refractivity contribution in [1.82, 2.24) is 15.6 Å². The van der Waals surface area contributed by atoms with E-state index < -0.39 is 11.4 Å². The lowest BCUT2D eigenvalue weighted by atomic mass is 9.94. The fourth-order valence-corrected chi connectivity index (χ4v) is 2.10. The van der Waals surface area contributed by atoms with Crippen LogP contribution in [0.25, 0.3) is 0 Å². The third-order valence-electron chi connectivity index (χ3n) is 2.73. The number of thiazole rings is 1. The molecule has 0 aliphatic carbocycles. The minimum Gasteiger partial charge on any atom is -0.481 e. The molecule has 0 aliphatic heterocycles. The summed E-state index contributed by atoms with van der Waals surface area (Å²) >= 11 is 1.48. The van der Waals surface area contributed by atoms with Crippen LogP contribution in [0.1, 0.15) is 38.2 Å². The summed E-state index contributed by atoms with van der Waals surface area (Å²) < 4.78 is 0. The molecule has 1 unspecified atom stereocenters. The molecule has 19 heavy (non-hydrogen) atoms. The number of carbonyl (C=O) groups excluding carboxylic acids is 1. The van der Waals surface area contributed by atoms with Crippen LogP contribution in [0.4, 0.5) is 4.79 Å². The summed E-state index contributed by atoms with van der Waals surface area (Å²) in [5, 5.41) is 17.0. The van der Waals surface area contributed by atoms with Gasteiger partial charge in [-0.15, -0.1) is 11.3 Å². The molecule has 6 nitrogen and oxygen atoms in total. The number of nitrogens with zero attached hydrogens (tertiary/aromatic N) is 1. The van der Waals surface area contributed by atoms with Gasteiger partial charge in [-0.3, -0.25) is 4.79 Å². The van der Waals surface area contributed by atoms with E-state index in [1.165, 1.54) is 11.3 Å². The largest absolute Gasteiger partial charge is 0.481 e. The molecule has 0 saturated heterocycles. The van der Waals surface area contributed by atoms with Crippen molar-refractivity contribution < 1.29 is 14.7 Å². The average molecular weight is 285 g/mol. The fraction of sp³-hybridized carbons (Fsp3) is 0.583. The molecule has 106 valence electrons. The highest BCUT2D eigenvalue weighted by atomic mass is 32.1. The Morgan fingerprint density at radius 2 is 2.21 bits per heavy atom. The third-order valence-corrected chi connectivity index (χ3v) is 3.62. The zero-order valence-electron chi connectivity index (χ0n) is 11.3. The van der Waals surface area contributed by atoms with Gasteiger partial charge in [0.25, 0.3) is 0 Å². The van der Waals surface area contributed by atoms with E-state index in [4.69, 9.17) is 5.11 Å². The monoisotopic (exact) mass is 285 g/mol. The maximum atomic E-state index is 11.7. The van der Waals surface area contributed by atoms with Crippen molar-refractivity contribution in [3.63, 3.8) is 0 Å². The smallest absolute Gasteiger partial charge is 0.315 e. The number of nitrogens with one attached hydrogen (secondary N) is 2. The van der Waals surface area contributed by atoms with Gasteiger partial charge in [0.1, 0.15) is 5.01 Å². The van der Waals surface area contributed by atoms with E-state index in [0.717, 1.165) is 11.4 Å². The molecule has 2 amide bonds. The van der Waals surface area contributed by atoms with Gasteiger partial charge in [0, 0.05) is 18.1 Å². The summed E-state index contributed by atoms with van der Waals surface area (Å²) in [6.45, 7) is 5.15. The van der Waals surface area contributed by atoms with Gasteiger partial charge in [0.15, 0.2) is 0 Å². The second-order valence-corrected chi connectivity index (χ2v) is 5.77. The number of hydrogen-bond acceptors (Lipinski definition) is 4. The van der Waals surface area contributed by atoms with E-state index in [1.54, 1.807) is 20.0 Å². The Balaban J connectivity index is 2.49. The Morgan fingerprint density at radius 1 is 1.53 bits per heavy atom. The van der Waals surface area contributed by atoms with Crippen LogP contribution in [0.2, 0.25) is 0 Å². The Kier molecular flexibility index (Phi) is 5.29. The molecule has 0 saturated carbocycles. The van der Waals surface area contributed by atoms with Crippen LogP contribution in [0.5, 0.6) is 0 Å². The van der Waals surface area contributed by atoms with Crippen molar-refractivity contribution in [1.29, 1.82) is 0 Å². The molecular formula is C12H19N3O3S. The summed E-state index contributed by atoms with van der Waals surface area (Å²) in [4.78, 5) is 26.8. The van der Waals surface area contributed by atoms with Gasteiger partial charge < -0.3 is 15.7 Å². The van der Waals surface area contributed by atoms with Gasteiger partial charge in [-0.2, -0.15) is 0 Å². The Hall–Kier alpha value is -1.63. The number of carboxylic acids is 1. The quantitative estimate of drug-likeness (QED) is 0.745. The average Bonchev–Trinajstić information content (AvgIpc) is 2.87. The molecule has 3 N–H and O–H groups in total. The van der Waals surface area contributed by atoms with E-state index in [1.807, 2.05) is 12.3 Å². The molecule has 1 atom stereocenters. The second kappa shape index (κ2) is 6.51. The first kappa shape index (κ1) is 15.4. The number of amides is 2. The van der Waals surface area contributed by atoms with Gasteiger partial charge in [0.05, 0.1) is 11.5 Å². The van der Waals surface area contributed by atoms with Crippen LogP contribution in [0.3, 0.4) is 0 Å². The van der Waals surface area contributed by atoms with Crippen molar-refractivity contribution >= 4 is 23.3 Å². The van der Waals surface area contributed by atoms with Crippen LogP contribution in [-0.4, -0.2) is 28.6 Å². The zero-order valence-corrected chi connectivity index (χ0v) is 12.1. The molecule has 0 spiro atoms. The predicted molar refractivity (Wildman–Crippen MR) is 73.1 cm³/mol. The molecule has 0 fully saturated rings. The number of urea groups is 1. The first-order valence-corrected chi connectivity index (χ1v) is 6.92. The summed E-state index contributed by atoms with van der Waals surface area (Å²) in [5.41, 5.74) is -0.986. The highest BCUT2D eigenvalue weighted by molar-refractivity contribution is 7.09. The fourth-order valence-electron chi connectivity index (χ4n) is 1.33. The number of rotatable bonds is 6. The summed E-state index contributed by atoms with van der Waals surface area (Å²) in [6.07, 6.45) is 2.42. The number of hydrogen-bond donors (Lipinski definition) is 3. The minimum absolute atomic E-state index is 0.0719. The highest BCUT2D eigenvalue weighted by Gasteiger charge is 2.27. The molecular weight excluding hydrogens is 266 g/mol. The van der Waals surface area contributed by atoms with Crippen LogP contribution >= 0.6 is 11.3 Å². The lowest BCUT2D eigenvalue weighted by Gasteiger charge is -2.21. The van der Waals surface area contributed by atoms with Crippen LogP contribution < -0.4 is 10.6 Å². The molecule has 1 aromatic rings.